The van der Waals surface area contributed by atoms with Gasteiger partial charge in [0.25, 0.3) is 0 Å². The number of likely N-dealkylation sites (tertiary alicyclic amines) is 1. The summed E-state index contributed by atoms with van der Waals surface area (Å²) in [5.74, 6) is 0.635. The number of carbonyl (C=O) groups is 1. The summed E-state index contributed by atoms with van der Waals surface area (Å²) in [5.41, 5.74) is 0.877. The largest absolute Gasteiger partial charge is 0.388 e. The molecule has 1 aliphatic rings. The van der Waals surface area contributed by atoms with E-state index < -0.39 is 5.60 Å². The summed E-state index contributed by atoms with van der Waals surface area (Å²) in [5, 5.41) is 17.5. The molecule has 2 aromatic heterocycles. The van der Waals surface area contributed by atoms with Crippen molar-refractivity contribution in [3.8, 4) is 5.82 Å². The van der Waals surface area contributed by atoms with Gasteiger partial charge in [-0.2, -0.15) is 5.10 Å². The van der Waals surface area contributed by atoms with E-state index in [4.69, 9.17) is 11.6 Å². The summed E-state index contributed by atoms with van der Waals surface area (Å²) in [6.07, 6.45) is 3.80. The van der Waals surface area contributed by atoms with Gasteiger partial charge in [0.2, 0.25) is 0 Å². The van der Waals surface area contributed by atoms with Gasteiger partial charge in [0, 0.05) is 24.3 Å². The molecule has 24 heavy (non-hydrogen) atoms. The number of urea groups is 1. The number of carbonyl (C=O) groups excluding carboxylic acids is 1. The highest BCUT2D eigenvalue weighted by atomic mass is 35.5. The van der Waals surface area contributed by atoms with E-state index in [1.807, 2.05) is 19.1 Å². The fourth-order valence-corrected chi connectivity index (χ4v) is 2.86. The molecule has 0 saturated carbocycles. The lowest BCUT2D eigenvalue weighted by Gasteiger charge is -2.20. The minimum absolute atomic E-state index is 0.196. The fourth-order valence-electron chi connectivity index (χ4n) is 2.73. The number of β-amino-alcohol motifs (C(OH)–C–C–N with tert-alkyl or cyclic N) is 1. The third kappa shape index (κ3) is 3.68. The second-order valence-electron chi connectivity index (χ2n) is 6.37. The Kier molecular flexibility index (Phi) is 4.47. The molecule has 1 saturated heterocycles. The quantitative estimate of drug-likeness (QED) is 0.886. The van der Waals surface area contributed by atoms with Crippen LogP contribution in [0.5, 0.6) is 0 Å². The number of hydrogen-bond acceptors (Lipinski definition) is 4. The first-order valence-corrected chi connectivity index (χ1v) is 8.14. The Labute approximate surface area is 145 Å². The summed E-state index contributed by atoms with van der Waals surface area (Å²) in [7, 11) is 0. The second-order valence-corrected chi connectivity index (χ2v) is 6.80. The van der Waals surface area contributed by atoms with Crippen molar-refractivity contribution in [2.75, 3.05) is 13.1 Å². The highest BCUT2D eigenvalue weighted by Crippen LogP contribution is 2.20. The molecule has 1 atom stereocenters. The Morgan fingerprint density at radius 2 is 2.29 bits per heavy atom. The van der Waals surface area contributed by atoms with Crippen LogP contribution < -0.4 is 5.32 Å². The molecule has 1 aliphatic heterocycles. The number of hydrogen-bond donors (Lipinski definition) is 2. The maximum Gasteiger partial charge on any atom is 0.317 e. The molecule has 2 aromatic rings. The van der Waals surface area contributed by atoms with Crippen LogP contribution in [-0.4, -0.2) is 49.5 Å². The molecular weight excluding hydrogens is 330 g/mol. The van der Waals surface area contributed by atoms with Gasteiger partial charge in [0.15, 0.2) is 5.82 Å². The topological polar surface area (TPSA) is 83.3 Å². The lowest BCUT2D eigenvalue weighted by atomic mass is 10.1. The number of amides is 2. The van der Waals surface area contributed by atoms with Crippen LogP contribution in [0, 0.1) is 6.92 Å². The first-order chi connectivity index (χ1) is 11.3. The van der Waals surface area contributed by atoms with Gasteiger partial charge in [-0.25, -0.2) is 14.5 Å². The molecule has 0 spiro atoms. The van der Waals surface area contributed by atoms with Crippen LogP contribution in [0.15, 0.2) is 24.5 Å². The molecule has 2 amide bonds. The van der Waals surface area contributed by atoms with Crippen molar-refractivity contribution in [3.63, 3.8) is 0 Å². The monoisotopic (exact) mass is 349 g/mol. The van der Waals surface area contributed by atoms with E-state index in [2.05, 4.69) is 15.4 Å². The number of nitrogens with one attached hydrogen (secondary N) is 1. The minimum atomic E-state index is -0.806. The van der Waals surface area contributed by atoms with Crippen molar-refractivity contribution in [1.82, 2.24) is 25.0 Å². The van der Waals surface area contributed by atoms with Crippen molar-refractivity contribution in [3.05, 3.63) is 40.8 Å². The van der Waals surface area contributed by atoms with Crippen molar-refractivity contribution in [1.29, 1.82) is 0 Å². The van der Waals surface area contributed by atoms with Crippen LogP contribution in [0.2, 0.25) is 5.02 Å². The Morgan fingerprint density at radius 3 is 2.92 bits per heavy atom. The molecule has 0 bridgehead atoms. The van der Waals surface area contributed by atoms with Gasteiger partial charge in [-0.1, -0.05) is 17.7 Å². The molecule has 7 nitrogen and oxygen atoms in total. The fraction of sp³-hybridized carbons (Fsp3) is 0.438. The van der Waals surface area contributed by atoms with Gasteiger partial charge in [-0.3, -0.25) is 0 Å². The van der Waals surface area contributed by atoms with Crippen LogP contribution in [0.25, 0.3) is 5.82 Å². The van der Waals surface area contributed by atoms with E-state index in [9.17, 15) is 9.90 Å². The number of aromatic nitrogens is 3. The first kappa shape index (κ1) is 16.7. The van der Waals surface area contributed by atoms with Gasteiger partial charge in [-0.15, -0.1) is 0 Å². The number of halogens is 1. The average molecular weight is 350 g/mol. The van der Waals surface area contributed by atoms with Gasteiger partial charge < -0.3 is 15.3 Å². The Morgan fingerprint density at radius 1 is 1.50 bits per heavy atom. The lowest BCUT2D eigenvalue weighted by molar-refractivity contribution is 0.0719. The second kappa shape index (κ2) is 6.41. The lowest BCUT2D eigenvalue weighted by Crippen LogP contribution is -2.40. The summed E-state index contributed by atoms with van der Waals surface area (Å²) in [4.78, 5) is 18.4. The van der Waals surface area contributed by atoms with Gasteiger partial charge in [-0.05, 0) is 26.3 Å². The maximum atomic E-state index is 12.3. The van der Waals surface area contributed by atoms with E-state index in [1.165, 1.54) is 0 Å². The van der Waals surface area contributed by atoms with E-state index in [0.29, 0.717) is 36.9 Å². The zero-order valence-electron chi connectivity index (χ0n) is 13.7. The smallest absolute Gasteiger partial charge is 0.317 e. The number of aryl methyl sites for hydroxylation is 1. The maximum absolute atomic E-state index is 12.3. The van der Waals surface area contributed by atoms with E-state index in [0.717, 1.165) is 11.3 Å². The van der Waals surface area contributed by atoms with E-state index in [-0.39, 0.29) is 6.03 Å². The third-order valence-corrected chi connectivity index (χ3v) is 4.23. The zero-order chi connectivity index (χ0) is 17.3. The van der Waals surface area contributed by atoms with Crippen molar-refractivity contribution in [2.24, 2.45) is 0 Å². The van der Waals surface area contributed by atoms with Crippen LogP contribution in [0.1, 0.15) is 24.6 Å². The molecule has 0 radical (unpaired) electrons. The minimum Gasteiger partial charge on any atom is -0.388 e. The highest BCUT2D eigenvalue weighted by Gasteiger charge is 2.33. The summed E-state index contributed by atoms with van der Waals surface area (Å²) >= 11 is 5.93. The molecule has 0 unspecified atom stereocenters. The van der Waals surface area contributed by atoms with Crippen molar-refractivity contribution in [2.45, 2.75) is 32.4 Å². The first-order valence-electron chi connectivity index (χ1n) is 7.76. The Bertz CT molecular complexity index is 759. The average Bonchev–Trinajstić information content (AvgIpc) is 3.11. The molecule has 0 aliphatic carbocycles. The molecule has 8 heteroatoms. The van der Waals surface area contributed by atoms with Gasteiger partial charge in [0.1, 0.15) is 0 Å². The van der Waals surface area contributed by atoms with Crippen LogP contribution in [0.4, 0.5) is 4.79 Å². The molecule has 0 aromatic carbocycles. The van der Waals surface area contributed by atoms with E-state index >= 15 is 0 Å². The standard InChI is InChI=1S/C16H20ClN5O2/c1-11-3-4-12(14(20-11)22-9-13(17)8-19-22)7-18-15(23)21-6-5-16(2,24)10-21/h3-4,8-9,24H,5-7,10H2,1-2H3,(H,18,23)/t16-/m1/s1. The molecule has 3 heterocycles. The summed E-state index contributed by atoms with van der Waals surface area (Å²) < 4.78 is 1.59. The highest BCUT2D eigenvalue weighted by molar-refractivity contribution is 6.30. The molecule has 128 valence electrons. The summed E-state index contributed by atoms with van der Waals surface area (Å²) in [6, 6.07) is 3.60. The Hall–Kier alpha value is -2.12. The number of nitrogens with zero attached hydrogens (tertiary/aromatic N) is 4. The molecular formula is C16H20ClN5O2. The van der Waals surface area contributed by atoms with Crippen molar-refractivity contribution >= 4 is 17.6 Å². The number of rotatable bonds is 3. The molecule has 3 rings (SSSR count). The molecule has 2 N–H and O–H groups in total. The normalized spacial score (nSPS) is 20.4. The third-order valence-electron chi connectivity index (χ3n) is 4.03. The SMILES string of the molecule is Cc1ccc(CNC(=O)N2CC[C@@](C)(O)C2)c(-n2cc(Cl)cn2)n1. The zero-order valence-corrected chi connectivity index (χ0v) is 14.4. The van der Waals surface area contributed by atoms with Crippen molar-refractivity contribution < 1.29 is 9.90 Å². The predicted molar refractivity (Wildman–Crippen MR) is 90.2 cm³/mol. The molecule has 1 fully saturated rings. The Balaban J connectivity index is 1.73. The van der Waals surface area contributed by atoms with E-state index in [1.54, 1.807) is 28.9 Å². The van der Waals surface area contributed by atoms with Crippen LogP contribution in [-0.2, 0) is 6.54 Å². The number of aliphatic hydroxyl groups is 1. The number of pyridine rings is 1. The van der Waals surface area contributed by atoms with Gasteiger partial charge in [0.05, 0.1) is 29.6 Å². The van der Waals surface area contributed by atoms with Crippen LogP contribution >= 0.6 is 11.6 Å². The van der Waals surface area contributed by atoms with Gasteiger partial charge >= 0.3 is 6.03 Å². The predicted octanol–water partition coefficient (Wildman–Crippen LogP) is 1.90. The van der Waals surface area contributed by atoms with Crippen LogP contribution in [0.3, 0.4) is 0 Å². The summed E-state index contributed by atoms with van der Waals surface area (Å²) in [6.45, 7) is 4.84.